The highest BCUT2D eigenvalue weighted by molar-refractivity contribution is 7.13. The van der Waals surface area contributed by atoms with Gasteiger partial charge in [0.2, 0.25) is 0 Å². The third-order valence-corrected chi connectivity index (χ3v) is 5.19. The molecule has 1 fully saturated rings. The minimum absolute atomic E-state index is 0.0536. The Hall–Kier alpha value is -2.41. The summed E-state index contributed by atoms with van der Waals surface area (Å²) in [5, 5.41) is 5.64. The van der Waals surface area contributed by atoms with Gasteiger partial charge in [-0.15, -0.1) is 11.3 Å². The molecule has 1 aromatic heterocycles. The van der Waals surface area contributed by atoms with Gasteiger partial charge in [0, 0.05) is 30.1 Å². The van der Waals surface area contributed by atoms with E-state index in [1.807, 2.05) is 31.2 Å². The Morgan fingerprint density at radius 1 is 1.24 bits per heavy atom. The van der Waals surface area contributed by atoms with Gasteiger partial charge in [-0.05, 0) is 19.8 Å². The molecular weight excluding hydrogens is 338 g/mol. The predicted octanol–water partition coefficient (Wildman–Crippen LogP) is 3.08. The lowest BCUT2D eigenvalue weighted by Crippen LogP contribution is -2.46. The fourth-order valence-corrected chi connectivity index (χ4v) is 3.61. The predicted molar refractivity (Wildman–Crippen MR) is 96.8 cm³/mol. The zero-order valence-corrected chi connectivity index (χ0v) is 15.1. The van der Waals surface area contributed by atoms with Crippen LogP contribution in [0.5, 0.6) is 0 Å². The molecule has 132 valence electrons. The molecule has 0 saturated carbocycles. The molecule has 2 amide bonds. The number of hydrogen-bond acceptors (Lipinski definition) is 5. The van der Waals surface area contributed by atoms with Gasteiger partial charge in [0.1, 0.15) is 10.7 Å². The molecule has 1 aliphatic rings. The first-order chi connectivity index (χ1) is 12.1. The topological polar surface area (TPSA) is 71.5 Å². The lowest BCUT2D eigenvalue weighted by Gasteiger charge is -2.31. The molecule has 7 heteroatoms. The number of likely N-dealkylation sites (tertiary alicyclic amines) is 1. The van der Waals surface area contributed by atoms with E-state index in [0.717, 1.165) is 23.4 Å². The lowest BCUT2D eigenvalue weighted by atomic mass is 10.1. The van der Waals surface area contributed by atoms with Crippen LogP contribution in [0.4, 0.5) is 4.79 Å². The largest absolute Gasteiger partial charge is 0.453 e. The average Bonchev–Trinajstić information content (AvgIpc) is 3.12. The summed E-state index contributed by atoms with van der Waals surface area (Å²) in [4.78, 5) is 30.0. The van der Waals surface area contributed by atoms with Crippen molar-refractivity contribution >= 4 is 23.3 Å². The Kier molecular flexibility index (Phi) is 5.33. The van der Waals surface area contributed by atoms with Crippen LogP contribution >= 0.6 is 11.3 Å². The molecular formula is C18H21N3O3S. The third-order valence-electron chi connectivity index (χ3n) is 4.30. The van der Waals surface area contributed by atoms with Gasteiger partial charge in [-0.3, -0.25) is 4.79 Å². The number of amides is 2. The van der Waals surface area contributed by atoms with Crippen molar-refractivity contribution in [2.24, 2.45) is 0 Å². The monoisotopic (exact) mass is 359 g/mol. The summed E-state index contributed by atoms with van der Waals surface area (Å²) in [5.41, 5.74) is 2.65. The second kappa shape index (κ2) is 7.65. The van der Waals surface area contributed by atoms with Crippen LogP contribution < -0.4 is 5.32 Å². The highest BCUT2D eigenvalue weighted by Gasteiger charge is 2.25. The molecule has 0 spiro atoms. The number of nitrogens with zero attached hydrogens (tertiary/aromatic N) is 2. The highest BCUT2D eigenvalue weighted by Crippen LogP contribution is 2.24. The number of benzene rings is 1. The Labute approximate surface area is 150 Å². The minimum Gasteiger partial charge on any atom is -0.453 e. The number of carbonyl (C=O) groups excluding carboxylic acids is 2. The summed E-state index contributed by atoms with van der Waals surface area (Å²) in [6.45, 7) is 3.21. The maximum absolute atomic E-state index is 12.4. The van der Waals surface area contributed by atoms with E-state index in [0.29, 0.717) is 18.8 Å². The van der Waals surface area contributed by atoms with Gasteiger partial charge in [-0.1, -0.05) is 29.8 Å². The smallest absolute Gasteiger partial charge is 0.409 e. The van der Waals surface area contributed by atoms with Crippen molar-refractivity contribution in [3.63, 3.8) is 0 Å². The second-order valence-corrected chi connectivity index (χ2v) is 6.97. The number of aromatic nitrogens is 1. The van der Waals surface area contributed by atoms with Crippen LogP contribution in [0.2, 0.25) is 0 Å². The number of rotatable bonds is 3. The van der Waals surface area contributed by atoms with E-state index in [4.69, 9.17) is 4.74 Å². The Balaban J connectivity index is 1.57. The minimum atomic E-state index is -0.313. The summed E-state index contributed by atoms with van der Waals surface area (Å²) in [5.74, 6) is -0.161. The summed E-state index contributed by atoms with van der Waals surface area (Å²) >= 11 is 1.46. The number of methoxy groups -OCH3 is 1. The fraction of sp³-hybridized carbons (Fsp3) is 0.389. The molecule has 6 nitrogen and oxygen atoms in total. The van der Waals surface area contributed by atoms with E-state index >= 15 is 0 Å². The van der Waals surface area contributed by atoms with Crippen molar-refractivity contribution in [3.8, 4) is 10.6 Å². The maximum atomic E-state index is 12.4. The standard InChI is InChI=1S/C18H21N3O3S/c1-12-3-5-13(6-4-12)17-20-15(11-25-17)16(22)19-14-7-9-21(10-8-14)18(23)24-2/h3-6,11,14H,7-10H2,1-2H3,(H,19,22). The van der Waals surface area contributed by atoms with Crippen molar-refractivity contribution in [1.29, 1.82) is 0 Å². The molecule has 1 saturated heterocycles. The van der Waals surface area contributed by atoms with Crippen LogP contribution in [-0.2, 0) is 4.74 Å². The Morgan fingerprint density at radius 3 is 2.56 bits per heavy atom. The van der Waals surface area contributed by atoms with E-state index in [-0.39, 0.29) is 18.0 Å². The van der Waals surface area contributed by atoms with Crippen molar-refractivity contribution < 1.29 is 14.3 Å². The summed E-state index contributed by atoms with van der Waals surface area (Å²) in [7, 11) is 1.38. The normalized spacial score (nSPS) is 15.0. The van der Waals surface area contributed by atoms with Crippen LogP contribution in [0, 0.1) is 6.92 Å². The Bertz CT molecular complexity index is 749. The molecule has 0 aliphatic carbocycles. The maximum Gasteiger partial charge on any atom is 0.409 e. The molecule has 25 heavy (non-hydrogen) atoms. The van der Waals surface area contributed by atoms with Crippen molar-refractivity contribution in [2.45, 2.75) is 25.8 Å². The first-order valence-electron chi connectivity index (χ1n) is 8.23. The van der Waals surface area contributed by atoms with Crippen LogP contribution in [0.3, 0.4) is 0 Å². The van der Waals surface area contributed by atoms with Gasteiger partial charge < -0.3 is 15.0 Å². The van der Waals surface area contributed by atoms with E-state index in [1.54, 1.807) is 10.3 Å². The van der Waals surface area contributed by atoms with Crippen molar-refractivity contribution in [1.82, 2.24) is 15.2 Å². The van der Waals surface area contributed by atoms with Crippen LogP contribution in [0.1, 0.15) is 28.9 Å². The number of aryl methyl sites for hydroxylation is 1. The van der Waals surface area contributed by atoms with Gasteiger partial charge in [0.25, 0.3) is 5.91 Å². The number of thiazole rings is 1. The van der Waals surface area contributed by atoms with Crippen LogP contribution in [0.25, 0.3) is 10.6 Å². The van der Waals surface area contributed by atoms with Crippen LogP contribution in [0.15, 0.2) is 29.6 Å². The van der Waals surface area contributed by atoms with Crippen molar-refractivity contribution in [3.05, 3.63) is 40.9 Å². The first-order valence-corrected chi connectivity index (χ1v) is 9.11. The number of hydrogen-bond donors (Lipinski definition) is 1. The quantitative estimate of drug-likeness (QED) is 0.914. The molecule has 2 heterocycles. The highest BCUT2D eigenvalue weighted by atomic mass is 32.1. The van der Waals surface area contributed by atoms with Gasteiger partial charge >= 0.3 is 6.09 Å². The fourth-order valence-electron chi connectivity index (χ4n) is 2.80. The number of ether oxygens (including phenoxy) is 1. The first kappa shape index (κ1) is 17.4. The van der Waals surface area contributed by atoms with Crippen molar-refractivity contribution in [2.75, 3.05) is 20.2 Å². The van der Waals surface area contributed by atoms with E-state index < -0.39 is 0 Å². The van der Waals surface area contributed by atoms with E-state index in [9.17, 15) is 9.59 Å². The molecule has 0 bridgehead atoms. The van der Waals surface area contributed by atoms with E-state index in [2.05, 4.69) is 10.3 Å². The molecule has 3 rings (SSSR count). The molecule has 1 aromatic carbocycles. The molecule has 2 aromatic rings. The molecule has 0 unspecified atom stereocenters. The molecule has 1 aliphatic heterocycles. The lowest BCUT2D eigenvalue weighted by molar-refractivity contribution is 0.0888. The molecule has 1 N–H and O–H groups in total. The van der Waals surface area contributed by atoms with Crippen LogP contribution in [-0.4, -0.2) is 48.1 Å². The summed E-state index contributed by atoms with van der Waals surface area (Å²) in [6, 6.07) is 8.14. The van der Waals surface area contributed by atoms with Gasteiger partial charge in [0.15, 0.2) is 0 Å². The number of nitrogens with one attached hydrogen (secondary N) is 1. The summed E-state index contributed by atoms with van der Waals surface area (Å²) in [6.07, 6.45) is 1.12. The molecule has 0 radical (unpaired) electrons. The SMILES string of the molecule is COC(=O)N1CCC(NC(=O)c2csc(-c3ccc(C)cc3)n2)CC1. The number of piperidine rings is 1. The van der Waals surface area contributed by atoms with Gasteiger partial charge in [-0.2, -0.15) is 0 Å². The zero-order valence-electron chi connectivity index (χ0n) is 14.3. The zero-order chi connectivity index (χ0) is 17.8. The average molecular weight is 359 g/mol. The second-order valence-electron chi connectivity index (χ2n) is 6.11. The summed E-state index contributed by atoms with van der Waals surface area (Å²) < 4.78 is 4.72. The Morgan fingerprint density at radius 2 is 1.92 bits per heavy atom. The number of carbonyl (C=O) groups is 2. The van der Waals surface area contributed by atoms with Gasteiger partial charge in [-0.25, -0.2) is 9.78 Å². The third kappa shape index (κ3) is 4.17. The van der Waals surface area contributed by atoms with Gasteiger partial charge in [0.05, 0.1) is 7.11 Å². The molecule has 0 atom stereocenters. The van der Waals surface area contributed by atoms with E-state index in [1.165, 1.54) is 24.0 Å².